The summed E-state index contributed by atoms with van der Waals surface area (Å²) in [5, 5.41) is 3.28. The van der Waals surface area contributed by atoms with Crippen molar-refractivity contribution in [3.05, 3.63) is 0 Å². The van der Waals surface area contributed by atoms with Crippen LogP contribution in [-0.2, 0) is 0 Å². The molecule has 0 amide bonds. The first kappa shape index (κ1) is 11.3. The van der Waals surface area contributed by atoms with Crippen LogP contribution in [0.25, 0.3) is 0 Å². The second-order valence-corrected chi connectivity index (χ2v) is 4.98. The SMILES string of the molecule is CCSCCN1CCCC1CNC. The van der Waals surface area contributed by atoms with Crippen LogP contribution in [0.4, 0.5) is 0 Å². The van der Waals surface area contributed by atoms with Crippen molar-refractivity contribution in [2.45, 2.75) is 25.8 Å². The smallest absolute Gasteiger partial charge is 0.0221 e. The highest BCUT2D eigenvalue weighted by atomic mass is 32.2. The lowest BCUT2D eigenvalue weighted by molar-refractivity contribution is 0.266. The van der Waals surface area contributed by atoms with Crippen molar-refractivity contribution in [1.82, 2.24) is 10.2 Å². The van der Waals surface area contributed by atoms with Crippen LogP contribution in [0.2, 0.25) is 0 Å². The van der Waals surface area contributed by atoms with E-state index in [4.69, 9.17) is 0 Å². The molecule has 1 N–H and O–H groups in total. The van der Waals surface area contributed by atoms with Crippen molar-refractivity contribution < 1.29 is 0 Å². The van der Waals surface area contributed by atoms with E-state index in [1.807, 2.05) is 0 Å². The minimum absolute atomic E-state index is 0.808. The summed E-state index contributed by atoms with van der Waals surface area (Å²) in [6, 6.07) is 0.808. The molecule has 1 saturated heterocycles. The Morgan fingerprint density at radius 3 is 3.08 bits per heavy atom. The maximum Gasteiger partial charge on any atom is 0.0221 e. The second kappa shape index (κ2) is 6.68. The molecule has 78 valence electrons. The molecule has 1 heterocycles. The average Bonchev–Trinajstić information content (AvgIpc) is 2.54. The van der Waals surface area contributed by atoms with E-state index in [-0.39, 0.29) is 0 Å². The van der Waals surface area contributed by atoms with Gasteiger partial charge in [0, 0.05) is 24.9 Å². The molecule has 13 heavy (non-hydrogen) atoms. The van der Waals surface area contributed by atoms with Gasteiger partial charge in [0.2, 0.25) is 0 Å². The number of nitrogens with one attached hydrogen (secondary N) is 1. The summed E-state index contributed by atoms with van der Waals surface area (Å²) in [5.74, 6) is 2.56. The third-order valence-electron chi connectivity index (χ3n) is 2.67. The number of hydrogen-bond donors (Lipinski definition) is 1. The average molecular weight is 202 g/mol. The van der Waals surface area contributed by atoms with Crippen molar-refractivity contribution in [1.29, 1.82) is 0 Å². The van der Waals surface area contributed by atoms with Gasteiger partial charge in [-0.3, -0.25) is 4.90 Å². The first-order valence-electron chi connectivity index (χ1n) is 5.35. The van der Waals surface area contributed by atoms with Crippen LogP contribution in [0.5, 0.6) is 0 Å². The number of likely N-dealkylation sites (N-methyl/N-ethyl adjacent to an activating group) is 1. The molecule has 0 saturated carbocycles. The van der Waals surface area contributed by atoms with Crippen molar-refractivity contribution in [3.63, 3.8) is 0 Å². The van der Waals surface area contributed by atoms with Crippen LogP contribution in [0.1, 0.15) is 19.8 Å². The Kier molecular flexibility index (Phi) is 5.83. The summed E-state index contributed by atoms with van der Waals surface area (Å²) in [6.45, 7) is 6.00. The highest BCUT2D eigenvalue weighted by Gasteiger charge is 2.22. The standard InChI is InChI=1S/C10H22N2S/c1-3-13-8-7-12-6-4-5-10(12)9-11-2/h10-11H,3-9H2,1-2H3. The van der Waals surface area contributed by atoms with Gasteiger partial charge in [-0.2, -0.15) is 11.8 Å². The van der Waals surface area contributed by atoms with Gasteiger partial charge in [0.25, 0.3) is 0 Å². The lowest BCUT2D eigenvalue weighted by Crippen LogP contribution is -2.38. The van der Waals surface area contributed by atoms with Gasteiger partial charge < -0.3 is 5.32 Å². The van der Waals surface area contributed by atoms with E-state index in [2.05, 4.69) is 35.9 Å². The number of rotatable bonds is 6. The molecular formula is C10H22N2S. The maximum absolute atomic E-state index is 3.28. The van der Waals surface area contributed by atoms with E-state index >= 15 is 0 Å². The fraction of sp³-hybridized carbons (Fsp3) is 1.00. The van der Waals surface area contributed by atoms with Crippen LogP contribution in [0.3, 0.4) is 0 Å². The quantitative estimate of drug-likeness (QED) is 0.656. The molecule has 1 fully saturated rings. The van der Waals surface area contributed by atoms with Crippen molar-refractivity contribution in [2.75, 3.05) is 38.2 Å². The van der Waals surface area contributed by atoms with Crippen LogP contribution < -0.4 is 5.32 Å². The number of likely N-dealkylation sites (tertiary alicyclic amines) is 1. The van der Waals surface area contributed by atoms with Gasteiger partial charge >= 0.3 is 0 Å². The first-order chi connectivity index (χ1) is 6.38. The zero-order valence-electron chi connectivity index (χ0n) is 8.88. The topological polar surface area (TPSA) is 15.3 Å². The van der Waals surface area contributed by atoms with Gasteiger partial charge in [-0.15, -0.1) is 0 Å². The largest absolute Gasteiger partial charge is 0.318 e. The Balaban J connectivity index is 2.15. The summed E-state index contributed by atoms with van der Waals surface area (Å²) >= 11 is 2.05. The Bertz CT molecular complexity index is 130. The van der Waals surface area contributed by atoms with E-state index in [9.17, 15) is 0 Å². The summed E-state index contributed by atoms with van der Waals surface area (Å²) in [6.07, 6.45) is 2.78. The molecule has 0 spiro atoms. The summed E-state index contributed by atoms with van der Waals surface area (Å²) in [7, 11) is 2.05. The Morgan fingerprint density at radius 1 is 1.54 bits per heavy atom. The van der Waals surface area contributed by atoms with Crippen LogP contribution in [0, 0.1) is 0 Å². The third kappa shape index (κ3) is 3.88. The fourth-order valence-corrected chi connectivity index (χ4v) is 2.63. The van der Waals surface area contributed by atoms with Gasteiger partial charge in [-0.25, -0.2) is 0 Å². The van der Waals surface area contributed by atoms with Crippen LogP contribution >= 0.6 is 11.8 Å². The molecule has 3 heteroatoms. The number of thioether (sulfide) groups is 1. The minimum atomic E-state index is 0.808. The van der Waals surface area contributed by atoms with E-state index in [1.165, 1.54) is 37.4 Å². The summed E-state index contributed by atoms with van der Waals surface area (Å²) in [4.78, 5) is 2.64. The monoisotopic (exact) mass is 202 g/mol. The van der Waals surface area contributed by atoms with Crippen LogP contribution in [0.15, 0.2) is 0 Å². The molecule has 1 unspecified atom stereocenters. The number of hydrogen-bond acceptors (Lipinski definition) is 3. The number of nitrogens with zero attached hydrogens (tertiary/aromatic N) is 1. The predicted octanol–water partition coefficient (Wildman–Crippen LogP) is 1.42. The molecule has 1 atom stereocenters. The molecule has 1 aliphatic heterocycles. The van der Waals surface area contributed by atoms with E-state index in [0.717, 1.165) is 12.6 Å². The highest BCUT2D eigenvalue weighted by Crippen LogP contribution is 2.16. The molecular weight excluding hydrogens is 180 g/mol. The Hall–Kier alpha value is 0.270. The lowest BCUT2D eigenvalue weighted by atomic mass is 10.2. The molecule has 0 aromatic heterocycles. The highest BCUT2D eigenvalue weighted by molar-refractivity contribution is 7.99. The molecule has 0 aromatic rings. The molecule has 1 aliphatic rings. The van der Waals surface area contributed by atoms with Gasteiger partial charge in [-0.1, -0.05) is 6.92 Å². The molecule has 1 rings (SSSR count). The molecule has 0 bridgehead atoms. The molecule has 0 aliphatic carbocycles. The second-order valence-electron chi connectivity index (χ2n) is 3.59. The minimum Gasteiger partial charge on any atom is -0.318 e. The van der Waals surface area contributed by atoms with E-state index in [1.54, 1.807) is 0 Å². The van der Waals surface area contributed by atoms with E-state index in [0.29, 0.717) is 0 Å². The van der Waals surface area contributed by atoms with Gasteiger partial charge in [0.15, 0.2) is 0 Å². The fourth-order valence-electron chi connectivity index (χ4n) is 1.98. The van der Waals surface area contributed by atoms with Gasteiger partial charge in [0.05, 0.1) is 0 Å². The first-order valence-corrected chi connectivity index (χ1v) is 6.50. The molecule has 0 aromatic carbocycles. The van der Waals surface area contributed by atoms with Crippen molar-refractivity contribution in [3.8, 4) is 0 Å². The summed E-state index contributed by atoms with van der Waals surface area (Å²) < 4.78 is 0. The molecule has 2 nitrogen and oxygen atoms in total. The third-order valence-corrected chi connectivity index (χ3v) is 3.55. The normalized spacial score (nSPS) is 24.0. The van der Waals surface area contributed by atoms with Crippen molar-refractivity contribution in [2.24, 2.45) is 0 Å². The lowest BCUT2D eigenvalue weighted by Gasteiger charge is -2.23. The van der Waals surface area contributed by atoms with Crippen molar-refractivity contribution >= 4 is 11.8 Å². The molecule has 0 radical (unpaired) electrons. The predicted molar refractivity (Wildman–Crippen MR) is 61.5 cm³/mol. The zero-order chi connectivity index (χ0) is 9.52. The Labute approximate surface area is 86.5 Å². The van der Waals surface area contributed by atoms with Gasteiger partial charge in [0.1, 0.15) is 0 Å². The van der Waals surface area contributed by atoms with Crippen LogP contribution in [-0.4, -0.2) is 49.1 Å². The zero-order valence-corrected chi connectivity index (χ0v) is 9.70. The van der Waals surface area contributed by atoms with Gasteiger partial charge in [-0.05, 0) is 32.2 Å². The Morgan fingerprint density at radius 2 is 2.38 bits per heavy atom. The summed E-state index contributed by atoms with van der Waals surface area (Å²) in [5.41, 5.74) is 0. The maximum atomic E-state index is 3.28. The van der Waals surface area contributed by atoms with E-state index < -0.39 is 0 Å².